The van der Waals surface area contributed by atoms with Crippen LogP contribution < -0.4 is 9.64 Å². The van der Waals surface area contributed by atoms with Crippen LogP contribution in [0.4, 0.5) is 10.4 Å². The van der Waals surface area contributed by atoms with Crippen molar-refractivity contribution < 1.29 is 18.4 Å². The Kier molecular flexibility index (Phi) is 6.88. The van der Waals surface area contributed by atoms with Crippen LogP contribution in [0.5, 0.6) is 5.75 Å². The van der Waals surface area contributed by atoms with Gasteiger partial charge < -0.3 is 29.3 Å². The summed E-state index contributed by atoms with van der Waals surface area (Å²) < 4.78 is 26.1. The minimum Gasteiger partial charge on any atom is -0.493 e. The first kappa shape index (κ1) is 25.0. The highest BCUT2D eigenvalue weighted by atomic mass is 19.1. The molecule has 9 nitrogen and oxygen atoms in total. The normalized spacial score (nSPS) is 21.7. The summed E-state index contributed by atoms with van der Waals surface area (Å²) in [6.45, 7) is 7.87. The number of amides is 1. The molecule has 4 heterocycles. The molecule has 0 spiro atoms. The maximum atomic E-state index is 14.7. The monoisotopic (exact) mass is 524 g/mol. The Balaban J connectivity index is 0.913. The van der Waals surface area contributed by atoms with Crippen molar-refractivity contribution in [2.24, 2.45) is 17.8 Å². The quantitative estimate of drug-likeness (QED) is 0.429. The van der Waals surface area contributed by atoms with Crippen molar-refractivity contribution in [2.75, 3.05) is 31.1 Å². The molecule has 1 saturated carbocycles. The molecule has 38 heavy (non-hydrogen) atoms. The average molecular weight is 525 g/mol. The Hall–Kier alpha value is -3.30. The first-order valence-electron chi connectivity index (χ1n) is 14.0. The zero-order valence-corrected chi connectivity index (χ0v) is 22.2. The summed E-state index contributed by atoms with van der Waals surface area (Å²) in [5.74, 6) is 3.31. The maximum Gasteiger partial charge on any atom is 0.324 e. The van der Waals surface area contributed by atoms with Gasteiger partial charge in [-0.15, -0.1) is 0 Å². The third kappa shape index (κ3) is 5.31. The van der Waals surface area contributed by atoms with Crippen LogP contribution in [0.15, 0.2) is 22.7 Å². The van der Waals surface area contributed by atoms with E-state index in [0.717, 1.165) is 62.1 Å². The first-order valence-corrected chi connectivity index (χ1v) is 14.0. The molecule has 0 unspecified atom stereocenters. The molecule has 2 fully saturated rings. The summed E-state index contributed by atoms with van der Waals surface area (Å²) in [4.78, 5) is 21.2. The fourth-order valence-electron chi connectivity index (χ4n) is 5.97. The molecule has 1 saturated heterocycles. The highest BCUT2D eigenvalue weighted by molar-refractivity contribution is 5.79. The third-order valence-corrected chi connectivity index (χ3v) is 8.53. The van der Waals surface area contributed by atoms with Crippen molar-refractivity contribution in [1.82, 2.24) is 25.2 Å². The summed E-state index contributed by atoms with van der Waals surface area (Å²) >= 11 is 0. The number of carbonyl (C=O) groups is 1. The predicted octanol–water partition coefficient (Wildman–Crippen LogP) is 4.44. The molecule has 1 aromatic carbocycles. The zero-order valence-electron chi connectivity index (χ0n) is 22.2. The maximum absolute atomic E-state index is 14.7. The number of rotatable bonds is 9. The number of nitrogens with zero attached hydrogens (tertiary/aromatic N) is 4. The number of piperidine rings is 1. The van der Waals surface area contributed by atoms with Gasteiger partial charge in [-0.05, 0) is 55.1 Å². The molecule has 1 amide bonds. The van der Waals surface area contributed by atoms with Gasteiger partial charge in [0.05, 0.1) is 31.0 Å². The van der Waals surface area contributed by atoms with E-state index in [-0.39, 0.29) is 24.1 Å². The van der Waals surface area contributed by atoms with E-state index in [1.165, 1.54) is 18.2 Å². The number of fused-ring (bicyclic) bond motifs is 1. The smallest absolute Gasteiger partial charge is 0.324 e. The number of nitrogens with one attached hydrogen (secondary N) is 2. The van der Waals surface area contributed by atoms with Gasteiger partial charge in [-0.2, -0.15) is 4.98 Å². The highest BCUT2D eigenvalue weighted by Gasteiger charge is 2.43. The summed E-state index contributed by atoms with van der Waals surface area (Å²) in [5.41, 5.74) is 2.64. The minimum absolute atomic E-state index is 0.0548. The van der Waals surface area contributed by atoms with Gasteiger partial charge in [0, 0.05) is 38.0 Å². The largest absolute Gasteiger partial charge is 0.493 e. The van der Waals surface area contributed by atoms with E-state index in [1.54, 1.807) is 17.0 Å². The van der Waals surface area contributed by atoms with E-state index in [4.69, 9.17) is 9.26 Å². The number of benzene rings is 1. The Bertz CT molecular complexity index is 1260. The molecule has 6 rings (SSSR count). The van der Waals surface area contributed by atoms with E-state index in [0.29, 0.717) is 42.9 Å². The molecule has 0 bridgehead atoms. The third-order valence-electron chi connectivity index (χ3n) is 8.53. The van der Waals surface area contributed by atoms with Crippen molar-refractivity contribution >= 4 is 11.9 Å². The summed E-state index contributed by atoms with van der Waals surface area (Å²) in [6.07, 6.45) is 5.42. The number of H-pyrrole nitrogens is 2. The molecule has 0 radical (unpaired) electrons. The van der Waals surface area contributed by atoms with E-state index in [1.807, 2.05) is 0 Å². The number of aromatic amines is 2. The average Bonchev–Trinajstić information content (AvgIpc) is 3.48. The lowest BCUT2D eigenvalue weighted by molar-refractivity contribution is -0.131. The Morgan fingerprint density at radius 2 is 2.03 bits per heavy atom. The van der Waals surface area contributed by atoms with Crippen LogP contribution in [0.2, 0.25) is 0 Å². The fourth-order valence-corrected chi connectivity index (χ4v) is 5.97. The number of hydrogen-bond donors (Lipinski definition) is 2. The molecule has 1 aliphatic carbocycles. The standard InChI is InChI=1S/C28H37FN6O3/c1-17(2)27-30-28(38-33-27)34-9-5-18(6-10-34)22-13-19(22)8-12-37-21-4-3-20(23(29)15-21)14-26(36)35-11-7-24-25(16-35)32-31-24/h3-4,15,17-19,22,31-32H,5-14,16H2,1-2H3/t19-,22-/m1/s1. The van der Waals surface area contributed by atoms with Crippen molar-refractivity contribution in [1.29, 1.82) is 0 Å². The van der Waals surface area contributed by atoms with Crippen LogP contribution in [0, 0.1) is 23.6 Å². The number of aromatic nitrogens is 4. The van der Waals surface area contributed by atoms with Crippen molar-refractivity contribution in [3.05, 3.63) is 46.8 Å². The van der Waals surface area contributed by atoms with Gasteiger partial charge in [0.25, 0.3) is 0 Å². The van der Waals surface area contributed by atoms with Gasteiger partial charge in [-0.25, -0.2) is 4.39 Å². The lowest BCUT2D eigenvalue weighted by Crippen LogP contribution is -2.39. The molecular formula is C28H37FN6O3. The van der Waals surface area contributed by atoms with Gasteiger partial charge in [0.1, 0.15) is 11.6 Å². The lowest BCUT2D eigenvalue weighted by atomic mass is 9.90. The van der Waals surface area contributed by atoms with Crippen LogP contribution in [-0.4, -0.2) is 57.4 Å². The molecule has 2 atom stereocenters. The fraction of sp³-hybridized carbons (Fsp3) is 0.607. The second-order valence-electron chi connectivity index (χ2n) is 11.4. The molecule has 2 N–H and O–H groups in total. The van der Waals surface area contributed by atoms with Gasteiger partial charge in [-0.3, -0.25) is 4.79 Å². The Morgan fingerprint density at radius 3 is 2.71 bits per heavy atom. The lowest BCUT2D eigenvalue weighted by Gasteiger charge is -2.30. The van der Waals surface area contributed by atoms with Gasteiger partial charge in [0.2, 0.25) is 5.91 Å². The number of ether oxygens (including phenoxy) is 1. The van der Waals surface area contributed by atoms with Gasteiger partial charge >= 0.3 is 6.01 Å². The number of anilines is 1. The summed E-state index contributed by atoms with van der Waals surface area (Å²) in [5, 5.41) is 10.1. The van der Waals surface area contributed by atoms with Crippen molar-refractivity contribution in [3.63, 3.8) is 0 Å². The molecule has 3 aliphatic rings. The summed E-state index contributed by atoms with van der Waals surface area (Å²) in [6, 6.07) is 5.53. The SMILES string of the molecule is CC(C)c1noc(N2CCC([C@H]3C[C@H]3CCOc3ccc(CC(=O)N4CCc5[nH][nH]c5C4)c(F)c3)CC2)n1. The van der Waals surface area contributed by atoms with Gasteiger partial charge in [0.15, 0.2) is 5.82 Å². The van der Waals surface area contributed by atoms with Crippen molar-refractivity contribution in [3.8, 4) is 5.75 Å². The van der Waals surface area contributed by atoms with E-state index >= 15 is 0 Å². The second-order valence-corrected chi connectivity index (χ2v) is 11.4. The van der Waals surface area contributed by atoms with Crippen LogP contribution in [0.1, 0.15) is 68.2 Å². The highest BCUT2D eigenvalue weighted by Crippen LogP contribution is 2.50. The molecule has 10 heteroatoms. The topological polar surface area (TPSA) is 103 Å². The van der Waals surface area contributed by atoms with E-state index in [9.17, 15) is 9.18 Å². The molecule has 2 aliphatic heterocycles. The van der Waals surface area contributed by atoms with Crippen LogP contribution in [-0.2, 0) is 24.2 Å². The van der Waals surface area contributed by atoms with Crippen LogP contribution in [0.3, 0.4) is 0 Å². The zero-order chi connectivity index (χ0) is 26.2. The Labute approximate surface area is 222 Å². The molecular weight excluding hydrogens is 487 g/mol. The van der Waals surface area contributed by atoms with Crippen LogP contribution >= 0.6 is 0 Å². The predicted molar refractivity (Wildman–Crippen MR) is 139 cm³/mol. The molecule has 2 aromatic heterocycles. The van der Waals surface area contributed by atoms with E-state index in [2.05, 4.69) is 39.1 Å². The number of carbonyl (C=O) groups excluding carboxylic acids is 1. The minimum atomic E-state index is -0.381. The molecule has 3 aromatic rings. The second kappa shape index (κ2) is 10.5. The molecule has 204 valence electrons. The number of halogens is 1. The first-order chi connectivity index (χ1) is 18.4. The van der Waals surface area contributed by atoms with Gasteiger partial charge in [-0.1, -0.05) is 25.1 Å². The number of hydrogen-bond acceptors (Lipinski definition) is 6. The van der Waals surface area contributed by atoms with Crippen molar-refractivity contribution in [2.45, 2.75) is 64.8 Å². The van der Waals surface area contributed by atoms with E-state index < -0.39 is 0 Å². The van der Waals surface area contributed by atoms with Crippen LogP contribution in [0.25, 0.3) is 0 Å². The summed E-state index contributed by atoms with van der Waals surface area (Å²) in [7, 11) is 0. The Morgan fingerprint density at radius 1 is 1.21 bits per heavy atom.